The first-order valence-electron chi connectivity index (χ1n) is 5.95. The van der Waals surface area contributed by atoms with Crippen LogP contribution >= 0.6 is 0 Å². The molecular formula is C13H16N2O4S. The van der Waals surface area contributed by atoms with Crippen molar-refractivity contribution < 1.29 is 17.6 Å². The summed E-state index contributed by atoms with van der Waals surface area (Å²) in [6.07, 6.45) is 2.61. The van der Waals surface area contributed by atoms with E-state index in [0.29, 0.717) is 13.2 Å². The molecule has 2 aromatic heterocycles. The molecule has 2 rings (SSSR count). The van der Waals surface area contributed by atoms with Crippen molar-refractivity contribution in [3.05, 3.63) is 42.0 Å². The van der Waals surface area contributed by atoms with Crippen LogP contribution in [0.2, 0.25) is 0 Å². The molecule has 2 heterocycles. The fourth-order valence-corrected chi connectivity index (χ4v) is 2.19. The van der Waals surface area contributed by atoms with Gasteiger partial charge in [-0.15, -0.1) is 0 Å². The Morgan fingerprint density at radius 3 is 2.60 bits per heavy atom. The van der Waals surface area contributed by atoms with E-state index in [4.69, 9.17) is 9.15 Å². The highest BCUT2D eigenvalue weighted by Crippen LogP contribution is 2.13. The Hall–Kier alpha value is -1.86. The Morgan fingerprint density at radius 2 is 2.00 bits per heavy atom. The van der Waals surface area contributed by atoms with Crippen LogP contribution in [0.5, 0.6) is 0 Å². The van der Waals surface area contributed by atoms with E-state index in [-0.39, 0.29) is 5.03 Å². The van der Waals surface area contributed by atoms with Crippen LogP contribution in [0.1, 0.15) is 11.5 Å². The summed E-state index contributed by atoms with van der Waals surface area (Å²) >= 11 is 0. The van der Waals surface area contributed by atoms with Crippen molar-refractivity contribution in [2.24, 2.45) is 0 Å². The minimum absolute atomic E-state index is 0.0587. The summed E-state index contributed by atoms with van der Waals surface area (Å²) in [6, 6.07) is 6.85. The molecule has 6 nitrogen and oxygen atoms in total. The van der Waals surface area contributed by atoms with E-state index in [2.05, 4.69) is 10.3 Å². The molecule has 0 radical (unpaired) electrons. The lowest BCUT2D eigenvalue weighted by Gasteiger charge is -2.04. The molecule has 0 amide bonds. The second kappa shape index (κ2) is 6.06. The Balaban J connectivity index is 1.96. The number of hydrogen-bond donors (Lipinski definition) is 1. The molecule has 0 atom stereocenters. The number of nitrogens with zero attached hydrogens (tertiary/aromatic N) is 1. The zero-order valence-electron chi connectivity index (χ0n) is 11.3. The Labute approximate surface area is 117 Å². The molecule has 0 saturated carbocycles. The maximum Gasteiger partial charge on any atom is 0.192 e. The SMILES string of the molecule is COCc1ccc(CNc2ccc(S(C)(=O)=O)nc2)o1. The standard InChI is InChI=1S/C13H16N2O4S/c1-18-9-12-5-4-11(19-12)8-14-10-3-6-13(15-7-10)20(2,16)17/h3-7,14H,8-9H2,1-2H3. The average Bonchev–Trinajstić information content (AvgIpc) is 2.84. The first-order chi connectivity index (χ1) is 9.49. The van der Waals surface area contributed by atoms with Crippen LogP contribution in [0.4, 0.5) is 5.69 Å². The van der Waals surface area contributed by atoms with Crippen molar-refractivity contribution >= 4 is 15.5 Å². The van der Waals surface area contributed by atoms with Crippen LogP contribution in [0.25, 0.3) is 0 Å². The van der Waals surface area contributed by atoms with E-state index >= 15 is 0 Å². The van der Waals surface area contributed by atoms with Crippen LogP contribution in [-0.2, 0) is 27.7 Å². The second-order valence-corrected chi connectivity index (χ2v) is 6.27. The maximum atomic E-state index is 11.3. The molecule has 0 bridgehead atoms. The number of rotatable bonds is 6. The number of pyridine rings is 1. The van der Waals surface area contributed by atoms with E-state index in [0.717, 1.165) is 23.5 Å². The minimum atomic E-state index is -3.26. The van der Waals surface area contributed by atoms with Crippen LogP contribution in [0.3, 0.4) is 0 Å². The van der Waals surface area contributed by atoms with E-state index in [9.17, 15) is 8.42 Å². The molecule has 0 aliphatic carbocycles. The molecule has 0 spiro atoms. The van der Waals surface area contributed by atoms with Gasteiger partial charge in [0, 0.05) is 13.4 Å². The van der Waals surface area contributed by atoms with Gasteiger partial charge in [-0.2, -0.15) is 0 Å². The third kappa shape index (κ3) is 3.82. The Bertz CT molecular complexity index is 662. The van der Waals surface area contributed by atoms with Crippen molar-refractivity contribution in [1.29, 1.82) is 0 Å². The molecule has 1 N–H and O–H groups in total. The van der Waals surface area contributed by atoms with Gasteiger partial charge in [-0.3, -0.25) is 0 Å². The van der Waals surface area contributed by atoms with Gasteiger partial charge in [-0.1, -0.05) is 0 Å². The molecule has 0 aliphatic heterocycles. The van der Waals surface area contributed by atoms with Crippen molar-refractivity contribution in [1.82, 2.24) is 4.98 Å². The molecule has 0 unspecified atom stereocenters. The third-order valence-corrected chi connectivity index (χ3v) is 3.59. The van der Waals surface area contributed by atoms with E-state index in [1.807, 2.05) is 12.1 Å². The molecule has 0 aromatic carbocycles. The zero-order chi connectivity index (χ0) is 14.6. The summed E-state index contributed by atoms with van der Waals surface area (Å²) < 4.78 is 33.0. The average molecular weight is 296 g/mol. The van der Waals surface area contributed by atoms with Gasteiger partial charge in [0.25, 0.3) is 0 Å². The van der Waals surface area contributed by atoms with Gasteiger partial charge in [-0.25, -0.2) is 13.4 Å². The van der Waals surface area contributed by atoms with Gasteiger partial charge in [-0.05, 0) is 24.3 Å². The van der Waals surface area contributed by atoms with Gasteiger partial charge in [0.2, 0.25) is 0 Å². The maximum absolute atomic E-state index is 11.3. The molecule has 0 saturated heterocycles. The van der Waals surface area contributed by atoms with Crippen molar-refractivity contribution in [3.63, 3.8) is 0 Å². The highest BCUT2D eigenvalue weighted by molar-refractivity contribution is 7.90. The molecule has 2 aromatic rings. The molecule has 108 valence electrons. The first kappa shape index (κ1) is 14.5. The Morgan fingerprint density at radius 1 is 1.25 bits per heavy atom. The summed E-state index contributed by atoms with van der Waals surface area (Å²) in [4.78, 5) is 3.90. The van der Waals surface area contributed by atoms with Gasteiger partial charge in [0.05, 0.1) is 18.4 Å². The van der Waals surface area contributed by atoms with Crippen LogP contribution in [0.15, 0.2) is 39.9 Å². The van der Waals surface area contributed by atoms with E-state index in [1.165, 1.54) is 12.3 Å². The monoisotopic (exact) mass is 296 g/mol. The van der Waals surface area contributed by atoms with Gasteiger partial charge < -0.3 is 14.5 Å². The van der Waals surface area contributed by atoms with Crippen molar-refractivity contribution in [3.8, 4) is 0 Å². The molecule has 20 heavy (non-hydrogen) atoms. The van der Waals surface area contributed by atoms with Gasteiger partial charge in [0.1, 0.15) is 18.1 Å². The van der Waals surface area contributed by atoms with Crippen LogP contribution in [0, 0.1) is 0 Å². The largest absolute Gasteiger partial charge is 0.462 e. The molecular weight excluding hydrogens is 280 g/mol. The van der Waals surface area contributed by atoms with Gasteiger partial charge in [0.15, 0.2) is 14.9 Å². The lowest BCUT2D eigenvalue weighted by molar-refractivity contribution is 0.163. The smallest absolute Gasteiger partial charge is 0.192 e. The first-order valence-corrected chi connectivity index (χ1v) is 7.84. The highest BCUT2D eigenvalue weighted by Gasteiger charge is 2.08. The summed E-state index contributed by atoms with van der Waals surface area (Å²) in [5.41, 5.74) is 0.724. The number of nitrogens with one attached hydrogen (secondary N) is 1. The fourth-order valence-electron chi connectivity index (χ4n) is 1.63. The number of furan rings is 1. The number of ether oxygens (including phenoxy) is 1. The topological polar surface area (TPSA) is 81.4 Å². The predicted octanol–water partition coefficient (Wildman–Crippen LogP) is 1.84. The molecule has 0 fully saturated rings. The summed E-state index contributed by atoms with van der Waals surface area (Å²) in [7, 11) is -1.65. The summed E-state index contributed by atoms with van der Waals surface area (Å²) in [5.74, 6) is 1.53. The highest BCUT2D eigenvalue weighted by atomic mass is 32.2. The van der Waals surface area contributed by atoms with Gasteiger partial charge >= 0.3 is 0 Å². The predicted molar refractivity (Wildman–Crippen MR) is 74.1 cm³/mol. The number of anilines is 1. The molecule has 0 aliphatic rings. The van der Waals surface area contributed by atoms with Crippen molar-refractivity contribution in [2.75, 3.05) is 18.7 Å². The zero-order valence-corrected chi connectivity index (χ0v) is 12.1. The van der Waals surface area contributed by atoms with Crippen LogP contribution < -0.4 is 5.32 Å². The molecule has 7 heteroatoms. The number of hydrogen-bond acceptors (Lipinski definition) is 6. The Kier molecular flexibility index (Phi) is 4.41. The number of sulfone groups is 1. The second-order valence-electron chi connectivity index (χ2n) is 4.31. The van der Waals surface area contributed by atoms with E-state index in [1.54, 1.807) is 13.2 Å². The lowest BCUT2D eigenvalue weighted by Crippen LogP contribution is -2.02. The van der Waals surface area contributed by atoms with Crippen molar-refractivity contribution in [2.45, 2.75) is 18.2 Å². The fraction of sp³-hybridized carbons (Fsp3) is 0.308. The minimum Gasteiger partial charge on any atom is -0.462 e. The summed E-state index contributed by atoms with van der Waals surface area (Å²) in [5, 5.41) is 3.16. The quantitative estimate of drug-likeness (QED) is 0.876. The normalized spacial score (nSPS) is 11.5. The van der Waals surface area contributed by atoms with E-state index < -0.39 is 9.84 Å². The number of aromatic nitrogens is 1. The number of methoxy groups -OCH3 is 1. The summed E-state index contributed by atoms with van der Waals surface area (Å²) in [6.45, 7) is 0.925. The van der Waals surface area contributed by atoms with Crippen LogP contribution in [-0.4, -0.2) is 26.8 Å². The third-order valence-electron chi connectivity index (χ3n) is 2.59. The lowest BCUT2D eigenvalue weighted by atomic mass is 10.4.